The second-order valence-corrected chi connectivity index (χ2v) is 13.1. The zero-order chi connectivity index (χ0) is 33.6. The predicted octanol–water partition coefficient (Wildman–Crippen LogP) is 5.53. The Kier molecular flexibility index (Phi) is 8.49. The number of likely N-dealkylation sites (tertiary alicyclic amines) is 2. The zero-order valence-corrected chi connectivity index (χ0v) is 27.1. The first-order chi connectivity index (χ1) is 22.4. The van der Waals surface area contributed by atoms with Crippen LogP contribution >= 0.6 is 0 Å². The molecule has 1 amide bonds. The van der Waals surface area contributed by atoms with Crippen molar-refractivity contribution in [3.8, 4) is 35.4 Å². The van der Waals surface area contributed by atoms with Gasteiger partial charge in [-0.25, -0.2) is 8.78 Å². The van der Waals surface area contributed by atoms with Gasteiger partial charge in [0.05, 0.1) is 17.0 Å². The number of nitrogens with zero attached hydrogens (tertiary/aromatic N) is 6. The molecule has 2 aromatic carbocycles. The molecule has 244 valence electrons. The van der Waals surface area contributed by atoms with E-state index in [1.807, 2.05) is 23.9 Å². The van der Waals surface area contributed by atoms with Crippen molar-refractivity contribution >= 4 is 33.4 Å². The van der Waals surface area contributed by atoms with Gasteiger partial charge in [-0.1, -0.05) is 32.4 Å². The molecule has 2 aromatic heterocycles. The molecule has 4 aromatic rings. The highest BCUT2D eigenvalue weighted by Gasteiger charge is 2.42. The van der Waals surface area contributed by atoms with Gasteiger partial charge < -0.3 is 24.5 Å². The number of benzene rings is 2. The summed E-state index contributed by atoms with van der Waals surface area (Å²) in [5.74, 6) is 0.992. The Bertz CT molecular complexity index is 1940. The van der Waals surface area contributed by atoms with E-state index in [0.717, 1.165) is 25.8 Å². The molecular formula is C36H38F2N6O3. The van der Waals surface area contributed by atoms with Crippen LogP contribution in [0.15, 0.2) is 43.1 Å². The number of aromatic nitrogens is 3. The number of carbonyl (C=O) groups excluding carboxylic acids is 1. The molecule has 2 fully saturated rings. The van der Waals surface area contributed by atoms with Crippen molar-refractivity contribution in [3.63, 3.8) is 0 Å². The number of hydrogen-bond acceptors (Lipinski definition) is 8. The number of rotatable bonds is 8. The van der Waals surface area contributed by atoms with Crippen LogP contribution in [0.5, 0.6) is 11.8 Å². The number of pyridine rings is 1. The lowest BCUT2D eigenvalue weighted by Gasteiger charge is -2.36. The summed E-state index contributed by atoms with van der Waals surface area (Å²) >= 11 is 0. The van der Waals surface area contributed by atoms with Crippen LogP contribution < -0.4 is 9.64 Å². The number of phenols is 1. The van der Waals surface area contributed by atoms with Gasteiger partial charge in [0.15, 0.2) is 5.82 Å². The van der Waals surface area contributed by atoms with Crippen molar-refractivity contribution < 1.29 is 23.4 Å². The van der Waals surface area contributed by atoms with Crippen molar-refractivity contribution in [1.82, 2.24) is 24.8 Å². The molecule has 47 heavy (non-hydrogen) atoms. The number of ether oxygens (including phenoxy) is 1. The van der Waals surface area contributed by atoms with Gasteiger partial charge >= 0.3 is 6.01 Å². The van der Waals surface area contributed by atoms with Gasteiger partial charge in [-0.3, -0.25) is 9.78 Å². The minimum Gasteiger partial charge on any atom is -0.508 e. The van der Waals surface area contributed by atoms with Gasteiger partial charge in [-0.05, 0) is 67.9 Å². The molecule has 0 saturated carbocycles. The van der Waals surface area contributed by atoms with E-state index in [1.165, 1.54) is 36.5 Å². The molecule has 0 unspecified atom stereocenters. The highest BCUT2D eigenvalue weighted by molar-refractivity contribution is 6.03. The third-order valence-electron chi connectivity index (χ3n) is 9.71. The number of carbonyl (C=O) groups is 1. The van der Waals surface area contributed by atoms with Crippen LogP contribution in [0.1, 0.15) is 38.7 Å². The SMILES string of the molecule is C#Cc1c(F)ccc2cc(O)cc(-c3ncc4c(N(C)C[C@H]5N(C(=O)C=C)CCC5(C)C)nc(OC[C@@H]5CCCN5C)nc4c3F)c12. The standard InChI is InChI=1S/C36H38F2N6O3/c1-7-24-27(37)12-11-21-16-23(45)17-25(30(21)24)32-31(38)33-26(18-39-32)34(41-35(40-33)47-20-22-10-9-14-42(22)5)43(6)19-28-36(3,4)13-15-44(28)29(46)8-2/h1,8,11-12,16-18,22,28,45H,2,9-10,13-15,19-20H2,3-6H3/t22-,28+/m0/s1. The fraction of sp³-hybridized carbons (Fsp3) is 0.389. The second kappa shape index (κ2) is 12.4. The summed E-state index contributed by atoms with van der Waals surface area (Å²) in [4.78, 5) is 32.4. The Morgan fingerprint density at radius 2 is 2.06 bits per heavy atom. The number of phenolic OH excluding ortho intramolecular Hbond substituents is 1. The number of terminal acetylenes is 1. The fourth-order valence-electron chi connectivity index (χ4n) is 6.90. The van der Waals surface area contributed by atoms with Crippen LogP contribution in [0.4, 0.5) is 14.6 Å². The zero-order valence-electron chi connectivity index (χ0n) is 27.1. The molecule has 0 aliphatic carbocycles. The number of anilines is 1. The van der Waals surface area contributed by atoms with Crippen LogP contribution in [0.2, 0.25) is 0 Å². The highest BCUT2D eigenvalue weighted by atomic mass is 19.1. The van der Waals surface area contributed by atoms with Crippen molar-refractivity contribution in [2.24, 2.45) is 5.41 Å². The lowest BCUT2D eigenvalue weighted by atomic mass is 9.84. The van der Waals surface area contributed by atoms with Crippen LogP contribution in [-0.4, -0.2) is 88.2 Å². The van der Waals surface area contributed by atoms with Crippen LogP contribution in [0.3, 0.4) is 0 Å². The Morgan fingerprint density at radius 3 is 2.77 bits per heavy atom. The summed E-state index contributed by atoms with van der Waals surface area (Å²) in [6.45, 7) is 10.2. The van der Waals surface area contributed by atoms with Crippen molar-refractivity contribution in [2.45, 2.75) is 45.2 Å². The Labute approximate surface area is 272 Å². The fourth-order valence-corrected chi connectivity index (χ4v) is 6.90. The molecule has 2 aliphatic rings. The van der Waals surface area contributed by atoms with Crippen LogP contribution in [0, 0.1) is 29.4 Å². The van der Waals surface area contributed by atoms with Gasteiger partial charge in [-0.15, -0.1) is 6.42 Å². The summed E-state index contributed by atoms with van der Waals surface area (Å²) in [7, 11) is 3.86. The Balaban J connectivity index is 1.49. The Morgan fingerprint density at radius 1 is 1.28 bits per heavy atom. The molecule has 2 atom stereocenters. The van der Waals surface area contributed by atoms with E-state index in [1.54, 1.807) is 0 Å². The molecule has 0 spiro atoms. The van der Waals surface area contributed by atoms with Gasteiger partial charge in [0.1, 0.15) is 35.2 Å². The van der Waals surface area contributed by atoms with E-state index < -0.39 is 11.6 Å². The molecule has 6 rings (SSSR count). The molecule has 0 radical (unpaired) electrons. The topological polar surface area (TPSA) is 94.9 Å². The van der Waals surface area contributed by atoms with E-state index in [4.69, 9.17) is 16.1 Å². The maximum Gasteiger partial charge on any atom is 0.319 e. The normalized spacial score (nSPS) is 19.3. The largest absolute Gasteiger partial charge is 0.508 e. The predicted molar refractivity (Wildman–Crippen MR) is 178 cm³/mol. The smallest absolute Gasteiger partial charge is 0.319 e. The molecule has 2 aliphatic heterocycles. The van der Waals surface area contributed by atoms with E-state index in [9.17, 15) is 14.3 Å². The quantitative estimate of drug-likeness (QED) is 0.199. The van der Waals surface area contributed by atoms with Crippen molar-refractivity contribution in [3.05, 3.63) is 60.3 Å². The third-order valence-corrected chi connectivity index (χ3v) is 9.71. The lowest BCUT2D eigenvalue weighted by Crippen LogP contribution is -2.47. The average Bonchev–Trinajstić information content (AvgIpc) is 3.60. The first kappa shape index (κ1) is 32.1. The van der Waals surface area contributed by atoms with Crippen molar-refractivity contribution in [1.29, 1.82) is 0 Å². The molecular weight excluding hydrogens is 602 g/mol. The van der Waals surface area contributed by atoms with E-state index in [0.29, 0.717) is 36.3 Å². The average molecular weight is 641 g/mol. The van der Waals surface area contributed by atoms with E-state index in [-0.39, 0.29) is 62.9 Å². The van der Waals surface area contributed by atoms with Gasteiger partial charge in [0.2, 0.25) is 5.91 Å². The van der Waals surface area contributed by atoms with Gasteiger partial charge in [-0.2, -0.15) is 9.97 Å². The summed E-state index contributed by atoms with van der Waals surface area (Å²) in [6.07, 6.45) is 11.3. The first-order valence-electron chi connectivity index (χ1n) is 15.7. The van der Waals surface area contributed by atoms with Gasteiger partial charge in [0.25, 0.3) is 0 Å². The number of hydrogen-bond donors (Lipinski definition) is 1. The molecule has 11 heteroatoms. The van der Waals surface area contributed by atoms with Crippen molar-refractivity contribution in [2.75, 3.05) is 45.2 Å². The summed E-state index contributed by atoms with van der Waals surface area (Å²) in [5.41, 5.74) is -0.347. The molecule has 4 heterocycles. The summed E-state index contributed by atoms with van der Waals surface area (Å²) < 4.78 is 37.7. The number of aromatic hydroxyl groups is 1. The minimum absolute atomic E-state index is 0.00321. The second-order valence-electron chi connectivity index (χ2n) is 13.1. The highest BCUT2D eigenvalue weighted by Crippen LogP contribution is 2.40. The first-order valence-corrected chi connectivity index (χ1v) is 15.7. The van der Waals surface area contributed by atoms with E-state index >= 15 is 4.39 Å². The molecule has 0 bridgehead atoms. The molecule has 9 nitrogen and oxygen atoms in total. The number of fused-ring (bicyclic) bond motifs is 2. The molecule has 1 N–H and O–H groups in total. The lowest BCUT2D eigenvalue weighted by molar-refractivity contribution is -0.127. The summed E-state index contributed by atoms with van der Waals surface area (Å²) in [5, 5.41) is 11.5. The number of amides is 1. The maximum absolute atomic E-state index is 16.8. The van der Waals surface area contributed by atoms with E-state index in [2.05, 4.69) is 41.2 Å². The summed E-state index contributed by atoms with van der Waals surface area (Å²) in [6, 6.07) is 5.42. The number of halogens is 2. The number of likely N-dealkylation sites (N-methyl/N-ethyl adjacent to an activating group) is 2. The van der Waals surface area contributed by atoms with Crippen LogP contribution in [-0.2, 0) is 4.79 Å². The maximum atomic E-state index is 16.8. The van der Waals surface area contributed by atoms with Crippen LogP contribution in [0.25, 0.3) is 32.9 Å². The Hall–Kier alpha value is -4.82. The van der Waals surface area contributed by atoms with Gasteiger partial charge in [0, 0.05) is 43.3 Å². The third kappa shape index (κ3) is 5.82. The molecule has 2 saturated heterocycles. The monoisotopic (exact) mass is 640 g/mol. The minimum atomic E-state index is -0.800.